The van der Waals surface area contributed by atoms with Crippen LogP contribution in [0.3, 0.4) is 0 Å². The Kier molecular flexibility index (Phi) is 13.1. The van der Waals surface area contributed by atoms with E-state index in [2.05, 4.69) is 35.0 Å². The van der Waals surface area contributed by atoms with E-state index < -0.39 is 0 Å². The Hall–Kier alpha value is 0.250. The number of hydrogen-bond acceptors (Lipinski definition) is 0. The standard InChI is InChI=1S/C15H34N.ClH/c1-6-8-10-12-14-15(16(3,4)5)13-11-9-7-2;/h15H,6-14H2,1-5H3;1H/q+1;/p-1. The summed E-state index contributed by atoms with van der Waals surface area (Å²) >= 11 is 0. The minimum Gasteiger partial charge on any atom is -1.00 e. The van der Waals surface area contributed by atoms with Gasteiger partial charge in [-0.05, 0) is 25.7 Å². The molecular formula is C15H34ClN. The maximum atomic E-state index is 2.36. The van der Waals surface area contributed by atoms with Gasteiger partial charge in [-0.1, -0.05) is 46.0 Å². The first-order chi connectivity index (χ1) is 7.52. The van der Waals surface area contributed by atoms with Crippen LogP contribution in [0.5, 0.6) is 0 Å². The second-order valence-corrected chi connectivity index (χ2v) is 6.12. The maximum Gasteiger partial charge on any atom is 0.0884 e. The van der Waals surface area contributed by atoms with Gasteiger partial charge >= 0.3 is 0 Å². The first-order valence-corrected chi connectivity index (χ1v) is 7.33. The maximum absolute atomic E-state index is 2.36. The molecule has 0 aromatic rings. The molecule has 0 fully saturated rings. The summed E-state index contributed by atoms with van der Waals surface area (Å²) in [6.45, 7) is 4.58. The first-order valence-electron chi connectivity index (χ1n) is 7.33. The highest BCUT2D eigenvalue weighted by Crippen LogP contribution is 2.19. The van der Waals surface area contributed by atoms with Crippen molar-refractivity contribution in [3.05, 3.63) is 0 Å². The average Bonchev–Trinajstić information content (AvgIpc) is 2.20. The number of rotatable bonds is 10. The molecule has 0 spiro atoms. The number of quaternary nitrogens is 1. The molecule has 0 aliphatic rings. The van der Waals surface area contributed by atoms with E-state index in [1.54, 1.807) is 0 Å². The molecule has 0 saturated heterocycles. The normalized spacial score (nSPS) is 13.2. The minimum absolute atomic E-state index is 0. The quantitative estimate of drug-likeness (QED) is 0.415. The second kappa shape index (κ2) is 11.3. The van der Waals surface area contributed by atoms with E-state index in [1.807, 2.05) is 0 Å². The van der Waals surface area contributed by atoms with Crippen LogP contribution in [0.25, 0.3) is 0 Å². The van der Waals surface area contributed by atoms with E-state index in [4.69, 9.17) is 0 Å². The fraction of sp³-hybridized carbons (Fsp3) is 1.00. The molecule has 0 rings (SSSR count). The number of nitrogens with zero attached hydrogens (tertiary/aromatic N) is 1. The second-order valence-electron chi connectivity index (χ2n) is 6.12. The highest BCUT2D eigenvalue weighted by Gasteiger charge is 2.22. The molecule has 1 unspecified atom stereocenters. The van der Waals surface area contributed by atoms with Gasteiger partial charge < -0.3 is 16.9 Å². The lowest BCUT2D eigenvalue weighted by atomic mass is 9.99. The van der Waals surface area contributed by atoms with E-state index in [1.165, 1.54) is 57.8 Å². The third kappa shape index (κ3) is 11.1. The van der Waals surface area contributed by atoms with Gasteiger partial charge in [0.25, 0.3) is 0 Å². The summed E-state index contributed by atoms with van der Waals surface area (Å²) in [4.78, 5) is 0. The Morgan fingerprint density at radius 2 is 1.12 bits per heavy atom. The number of halogens is 1. The Balaban J connectivity index is 0. The molecular weight excluding hydrogens is 230 g/mol. The van der Waals surface area contributed by atoms with Crippen LogP contribution in [0, 0.1) is 0 Å². The Morgan fingerprint density at radius 1 is 0.706 bits per heavy atom. The lowest BCUT2D eigenvalue weighted by molar-refractivity contribution is -0.896. The zero-order chi connectivity index (χ0) is 12.4. The lowest BCUT2D eigenvalue weighted by Gasteiger charge is -2.34. The molecule has 0 aliphatic heterocycles. The molecule has 0 amide bonds. The van der Waals surface area contributed by atoms with E-state index in [0.29, 0.717) is 0 Å². The summed E-state index contributed by atoms with van der Waals surface area (Å²) in [6, 6.07) is 0.878. The summed E-state index contributed by atoms with van der Waals surface area (Å²) in [5, 5.41) is 0. The van der Waals surface area contributed by atoms with Crippen molar-refractivity contribution >= 4 is 0 Å². The monoisotopic (exact) mass is 263 g/mol. The molecule has 0 N–H and O–H groups in total. The molecule has 0 aliphatic carbocycles. The fourth-order valence-corrected chi connectivity index (χ4v) is 2.36. The summed E-state index contributed by atoms with van der Waals surface area (Å²) in [5.74, 6) is 0. The first kappa shape index (κ1) is 19.6. The van der Waals surface area contributed by atoms with Gasteiger partial charge in [-0.3, -0.25) is 0 Å². The van der Waals surface area contributed by atoms with Crippen LogP contribution in [0.1, 0.15) is 71.6 Å². The molecule has 2 heteroatoms. The van der Waals surface area contributed by atoms with Gasteiger partial charge in [0.15, 0.2) is 0 Å². The van der Waals surface area contributed by atoms with Crippen molar-refractivity contribution in [1.29, 1.82) is 0 Å². The van der Waals surface area contributed by atoms with Gasteiger partial charge in [0.1, 0.15) is 0 Å². The van der Waals surface area contributed by atoms with Crippen molar-refractivity contribution in [3.63, 3.8) is 0 Å². The van der Waals surface area contributed by atoms with E-state index >= 15 is 0 Å². The molecule has 0 heterocycles. The Bertz CT molecular complexity index is 151. The van der Waals surface area contributed by atoms with E-state index in [0.717, 1.165) is 10.5 Å². The van der Waals surface area contributed by atoms with Crippen molar-refractivity contribution in [1.82, 2.24) is 0 Å². The van der Waals surface area contributed by atoms with Crippen LogP contribution in [0.4, 0.5) is 0 Å². The molecule has 1 atom stereocenters. The van der Waals surface area contributed by atoms with E-state index in [-0.39, 0.29) is 12.4 Å². The van der Waals surface area contributed by atoms with Crippen molar-refractivity contribution in [3.8, 4) is 0 Å². The van der Waals surface area contributed by atoms with Gasteiger partial charge in [0.2, 0.25) is 0 Å². The fourth-order valence-electron chi connectivity index (χ4n) is 2.36. The molecule has 0 aromatic heterocycles. The summed E-state index contributed by atoms with van der Waals surface area (Å²) < 4.78 is 1.15. The average molecular weight is 264 g/mol. The molecule has 106 valence electrons. The summed E-state index contributed by atoms with van der Waals surface area (Å²) in [5.41, 5.74) is 0. The molecule has 0 bridgehead atoms. The minimum atomic E-state index is 0. The van der Waals surface area contributed by atoms with Gasteiger partial charge in [-0.15, -0.1) is 0 Å². The Morgan fingerprint density at radius 3 is 1.53 bits per heavy atom. The molecule has 0 saturated carbocycles. The number of hydrogen-bond donors (Lipinski definition) is 0. The van der Waals surface area contributed by atoms with Crippen molar-refractivity contribution in [2.24, 2.45) is 0 Å². The van der Waals surface area contributed by atoms with Gasteiger partial charge in [-0.25, -0.2) is 0 Å². The SMILES string of the molecule is CCCCCCC(CCCCC)[N+](C)(C)C.[Cl-]. The van der Waals surface area contributed by atoms with Gasteiger partial charge in [-0.2, -0.15) is 0 Å². The Labute approximate surface area is 116 Å². The van der Waals surface area contributed by atoms with Gasteiger partial charge in [0.05, 0.1) is 27.2 Å². The molecule has 0 radical (unpaired) electrons. The van der Waals surface area contributed by atoms with Gasteiger partial charge in [0, 0.05) is 0 Å². The largest absolute Gasteiger partial charge is 1.00 e. The molecule has 1 nitrogen and oxygen atoms in total. The van der Waals surface area contributed by atoms with E-state index in [9.17, 15) is 0 Å². The third-order valence-corrected chi connectivity index (χ3v) is 3.63. The van der Waals surface area contributed by atoms with Crippen LogP contribution >= 0.6 is 0 Å². The van der Waals surface area contributed by atoms with Crippen molar-refractivity contribution in [2.45, 2.75) is 77.7 Å². The van der Waals surface area contributed by atoms with Crippen LogP contribution in [-0.4, -0.2) is 31.7 Å². The van der Waals surface area contributed by atoms with Crippen LogP contribution in [0.15, 0.2) is 0 Å². The highest BCUT2D eigenvalue weighted by atomic mass is 35.5. The predicted octanol–water partition coefficient (Wildman–Crippen LogP) is 1.62. The van der Waals surface area contributed by atoms with Crippen molar-refractivity contribution < 1.29 is 16.9 Å². The molecule has 17 heavy (non-hydrogen) atoms. The van der Waals surface area contributed by atoms with Crippen LogP contribution < -0.4 is 12.4 Å². The smallest absolute Gasteiger partial charge is 0.0884 e. The zero-order valence-electron chi connectivity index (χ0n) is 12.8. The summed E-state index contributed by atoms with van der Waals surface area (Å²) in [6.07, 6.45) is 12.6. The topological polar surface area (TPSA) is 0 Å². The predicted molar refractivity (Wildman–Crippen MR) is 74.7 cm³/mol. The van der Waals surface area contributed by atoms with Crippen LogP contribution in [0.2, 0.25) is 0 Å². The summed E-state index contributed by atoms with van der Waals surface area (Å²) in [7, 11) is 7.07. The van der Waals surface area contributed by atoms with Crippen LogP contribution in [-0.2, 0) is 0 Å². The highest BCUT2D eigenvalue weighted by molar-refractivity contribution is 4.59. The molecule has 0 aromatic carbocycles. The van der Waals surface area contributed by atoms with Crippen molar-refractivity contribution in [2.75, 3.05) is 21.1 Å². The number of unbranched alkanes of at least 4 members (excludes halogenated alkanes) is 5. The zero-order valence-corrected chi connectivity index (χ0v) is 13.5. The lowest BCUT2D eigenvalue weighted by Crippen LogP contribution is -3.00. The third-order valence-electron chi connectivity index (χ3n) is 3.63.